The van der Waals surface area contributed by atoms with Gasteiger partial charge in [-0.25, -0.2) is 4.79 Å². The Morgan fingerprint density at radius 3 is 2.33 bits per heavy atom. The minimum absolute atomic E-state index is 0.0204. The topological polar surface area (TPSA) is 186 Å². The van der Waals surface area contributed by atoms with Crippen LogP contribution in [-0.4, -0.2) is 119 Å². The van der Waals surface area contributed by atoms with Gasteiger partial charge in [-0.05, 0) is 127 Å². The average molecular weight is 938 g/mol. The third-order valence-corrected chi connectivity index (χ3v) is 14.8. The second-order valence-electron chi connectivity index (χ2n) is 20.7. The summed E-state index contributed by atoms with van der Waals surface area (Å²) >= 11 is 0. The molecular formula is C54H83NO12. The van der Waals surface area contributed by atoms with Gasteiger partial charge in [0.15, 0.2) is 5.78 Å². The fourth-order valence-electron chi connectivity index (χ4n) is 10.4. The predicted octanol–water partition coefficient (Wildman–Crippen LogP) is 7.75. The summed E-state index contributed by atoms with van der Waals surface area (Å²) in [6, 6.07) is -1.13. The largest absolute Gasteiger partial charge is 0.460 e. The molecule has 1 saturated carbocycles. The van der Waals surface area contributed by atoms with E-state index in [4.69, 9.17) is 18.9 Å². The maximum Gasteiger partial charge on any atom is 0.329 e. The lowest BCUT2D eigenvalue weighted by Crippen LogP contribution is -2.60. The van der Waals surface area contributed by atoms with Crippen LogP contribution in [0.3, 0.4) is 0 Å². The molecule has 2 bridgehead atoms. The third-order valence-electron chi connectivity index (χ3n) is 14.8. The summed E-state index contributed by atoms with van der Waals surface area (Å²) in [6.45, 7) is 19.0. The van der Waals surface area contributed by atoms with Crippen molar-refractivity contribution in [2.24, 2.45) is 41.4 Å². The molecule has 1 unspecified atom stereocenters. The van der Waals surface area contributed by atoms with Crippen LogP contribution in [0.5, 0.6) is 0 Å². The van der Waals surface area contributed by atoms with Gasteiger partial charge in [0.05, 0.1) is 18.3 Å². The predicted molar refractivity (Wildman–Crippen MR) is 257 cm³/mol. The molecule has 67 heavy (non-hydrogen) atoms. The van der Waals surface area contributed by atoms with Crippen molar-refractivity contribution >= 4 is 29.2 Å². The summed E-state index contributed by atoms with van der Waals surface area (Å²) < 4.78 is 23.6. The minimum atomic E-state index is -2.39. The second-order valence-corrected chi connectivity index (χ2v) is 20.7. The van der Waals surface area contributed by atoms with E-state index in [9.17, 15) is 39.3 Å². The number of carbonyl (C=O) groups excluding carboxylic acids is 5. The summed E-state index contributed by atoms with van der Waals surface area (Å²) in [7, 11) is 2.96. The fraction of sp³-hybridized carbons (Fsp3) is 0.722. The first-order valence-corrected chi connectivity index (χ1v) is 24.9. The van der Waals surface area contributed by atoms with Crippen molar-refractivity contribution in [3.8, 4) is 0 Å². The fourth-order valence-corrected chi connectivity index (χ4v) is 10.4. The van der Waals surface area contributed by atoms with Gasteiger partial charge in [0.2, 0.25) is 5.79 Å². The summed E-state index contributed by atoms with van der Waals surface area (Å²) in [5.74, 6) is -7.80. The van der Waals surface area contributed by atoms with Crippen LogP contribution in [0.15, 0.2) is 59.8 Å². The van der Waals surface area contributed by atoms with E-state index in [2.05, 4.69) is 24.8 Å². The lowest BCUT2D eigenvalue weighted by atomic mass is 9.78. The molecule has 376 valence electrons. The molecule has 0 aromatic carbocycles. The van der Waals surface area contributed by atoms with Crippen molar-refractivity contribution in [2.45, 2.75) is 187 Å². The van der Waals surface area contributed by atoms with E-state index in [0.29, 0.717) is 63.4 Å². The van der Waals surface area contributed by atoms with Crippen LogP contribution < -0.4 is 0 Å². The molecule has 0 spiro atoms. The van der Waals surface area contributed by atoms with Gasteiger partial charge in [0, 0.05) is 44.9 Å². The molecule has 4 rings (SSSR count). The molecule has 3 N–H and O–H groups in total. The van der Waals surface area contributed by atoms with Crippen molar-refractivity contribution < 1.29 is 58.2 Å². The summed E-state index contributed by atoms with van der Waals surface area (Å²) in [5.41, 5.74) is 2.36. The molecule has 4 aliphatic rings. The number of allylic oxidation sites excluding steroid dienone is 7. The normalized spacial score (nSPS) is 39.5. The number of carbonyl (C=O) groups is 5. The lowest BCUT2D eigenvalue weighted by Gasteiger charge is -2.42. The first-order chi connectivity index (χ1) is 31.6. The number of piperidine rings is 1. The van der Waals surface area contributed by atoms with E-state index in [0.717, 1.165) is 24.0 Å². The van der Waals surface area contributed by atoms with Crippen molar-refractivity contribution in [1.82, 2.24) is 4.90 Å². The second kappa shape index (κ2) is 25.9. The number of amides is 1. The van der Waals surface area contributed by atoms with Crippen molar-refractivity contribution in [3.05, 3.63) is 59.8 Å². The van der Waals surface area contributed by atoms with E-state index >= 15 is 0 Å². The van der Waals surface area contributed by atoms with Crippen LogP contribution in [0.2, 0.25) is 0 Å². The Morgan fingerprint density at radius 1 is 0.940 bits per heavy atom. The first-order valence-electron chi connectivity index (χ1n) is 24.9. The Balaban J connectivity index is 1.71. The summed E-state index contributed by atoms with van der Waals surface area (Å²) in [6.07, 6.45) is 13.4. The number of aliphatic hydroxyl groups excluding tert-OH is 2. The molecule has 3 fully saturated rings. The maximum atomic E-state index is 14.4. The van der Waals surface area contributed by atoms with Crippen LogP contribution in [-0.2, 0) is 42.9 Å². The van der Waals surface area contributed by atoms with Gasteiger partial charge in [-0.15, -0.1) is 6.58 Å². The number of hydrogen-bond acceptors (Lipinski definition) is 12. The molecule has 1 aliphatic carbocycles. The Morgan fingerprint density at radius 2 is 1.66 bits per heavy atom. The highest BCUT2D eigenvalue weighted by atomic mass is 16.6. The molecule has 0 aromatic heterocycles. The highest BCUT2D eigenvalue weighted by Gasteiger charge is 2.52. The van der Waals surface area contributed by atoms with Crippen molar-refractivity contribution in [3.63, 3.8) is 0 Å². The van der Waals surface area contributed by atoms with Crippen LogP contribution in [0.1, 0.15) is 139 Å². The number of ketones is 3. The van der Waals surface area contributed by atoms with Crippen molar-refractivity contribution in [1.29, 1.82) is 0 Å². The van der Waals surface area contributed by atoms with E-state index in [-0.39, 0.29) is 60.7 Å². The van der Waals surface area contributed by atoms with E-state index in [1.165, 1.54) is 12.0 Å². The number of hydrogen-bond donors (Lipinski definition) is 3. The van der Waals surface area contributed by atoms with Crippen LogP contribution >= 0.6 is 0 Å². The molecule has 15 atom stereocenters. The number of Topliss-reactive ketones (excluding diaryl/α,β-unsaturated/α-hetero) is 3. The van der Waals surface area contributed by atoms with E-state index in [1.54, 1.807) is 34.0 Å². The van der Waals surface area contributed by atoms with Crippen LogP contribution in [0, 0.1) is 41.4 Å². The molecular weight excluding hydrogens is 855 g/mol. The lowest BCUT2D eigenvalue weighted by molar-refractivity contribution is -0.262. The minimum Gasteiger partial charge on any atom is -0.460 e. The van der Waals surface area contributed by atoms with Gasteiger partial charge in [0.1, 0.15) is 30.1 Å². The van der Waals surface area contributed by atoms with E-state index < -0.39 is 77.8 Å². The molecule has 2 saturated heterocycles. The van der Waals surface area contributed by atoms with Crippen molar-refractivity contribution in [2.75, 3.05) is 20.8 Å². The molecule has 1 amide bonds. The SMILES string of the molecule is C=C(C)CC1/C=C\C(C)=C\C[C@@H]2CC[C@@H](C)[C@@](O)(O2)C(=O)C(=O)N2CCCC[C@H]2C(=O)O[C@H]([C@H](C)C[C@@H]2CC[C@@H](O)[C@H](OC)C2)CC(=O)[C@H](C)/C=C(/C)[C@@H](O)[C@@H](OC)C(=O)[C@H](C)C[C@H](C)/C=C\1. The average Bonchev–Trinajstić information content (AvgIpc) is 3.29. The quantitative estimate of drug-likeness (QED) is 0.128. The van der Waals surface area contributed by atoms with Gasteiger partial charge in [-0.2, -0.15) is 0 Å². The molecule has 0 radical (unpaired) electrons. The first kappa shape index (κ1) is 56.0. The van der Waals surface area contributed by atoms with Crippen LogP contribution in [0.4, 0.5) is 0 Å². The molecule has 3 heterocycles. The number of fused-ring (bicyclic) bond motifs is 3. The van der Waals surface area contributed by atoms with Crippen LogP contribution in [0.25, 0.3) is 0 Å². The number of cyclic esters (lactones) is 1. The highest BCUT2D eigenvalue weighted by molar-refractivity contribution is 6.39. The standard InChI is InChI=1S/C54H83NO12/c1-32(2)26-40-19-15-33(3)17-22-42-23-18-39(9)54(63,67-42)51(60)52(61)55-25-13-12-14-43(55)53(62)66-46(36(6)29-41-21-24-44(56)47(30-41)64-10)31-45(57)35(5)28-38(8)49(59)50(65-11)48(58)37(7)27-34(4)16-20-40/h15-17,19-20,28,34-37,39-44,46-47,49-50,56,59,63H,1,12-14,18,21-27,29-31H2,2-11H3/b19-15-,20-16-,33-17+,38-28-/t34-,35-,36-,37-,39-,40?,41+,42-,43+,44-,46+,47-,49-,50+,54-/m1/s1. The number of ether oxygens (including phenoxy) is 4. The molecule has 13 nitrogen and oxygen atoms in total. The highest BCUT2D eigenvalue weighted by Crippen LogP contribution is 2.37. The Bertz CT molecular complexity index is 1850. The molecule has 0 aromatic rings. The van der Waals surface area contributed by atoms with Gasteiger partial charge in [-0.3, -0.25) is 19.2 Å². The zero-order valence-electron chi connectivity index (χ0n) is 42.1. The van der Waals surface area contributed by atoms with Gasteiger partial charge >= 0.3 is 5.97 Å². The monoisotopic (exact) mass is 938 g/mol. The maximum absolute atomic E-state index is 14.4. The number of esters is 1. The third kappa shape index (κ3) is 15.5. The Hall–Kier alpha value is -3.59. The Labute approximate surface area is 400 Å². The number of aliphatic hydroxyl groups is 3. The smallest absolute Gasteiger partial charge is 0.329 e. The zero-order chi connectivity index (χ0) is 49.7. The van der Waals surface area contributed by atoms with E-state index in [1.807, 2.05) is 46.8 Å². The Kier molecular flexibility index (Phi) is 21.6. The summed E-state index contributed by atoms with van der Waals surface area (Å²) in [5, 5.41) is 33.9. The van der Waals surface area contributed by atoms with Gasteiger partial charge in [0.25, 0.3) is 11.7 Å². The number of nitrogens with zero attached hydrogens (tertiary/aromatic N) is 1. The molecule has 3 aliphatic heterocycles. The molecule has 13 heteroatoms. The zero-order valence-corrected chi connectivity index (χ0v) is 42.1. The van der Waals surface area contributed by atoms with Gasteiger partial charge in [-0.1, -0.05) is 82.2 Å². The van der Waals surface area contributed by atoms with Gasteiger partial charge < -0.3 is 39.2 Å². The number of rotatable bonds is 7. The number of methoxy groups -OCH3 is 2. The summed E-state index contributed by atoms with van der Waals surface area (Å²) in [4.78, 5) is 72.0.